The molecule has 0 N–H and O–H groups in total. The summed E-state index contributed by atoms with van der Waals surface area (Å²) < 4.78 is 67.5. The van der Waals surface area contributed by atoms with Crippen molar-refractivity contribution < 1.29 is 26.4 Å². The Morgan fingerprint density at radius 1 is 0.914 bits per heavy atom. The lowest BCUT2D eigenvalue weighted by molar-refractivity contribution is -0.137. The highest BCUT2D eigenvalue weighted by molar-refractivity contribution is 7.89. The van der Waals surface area contributed by atoms with Crippen LogP contribution in [-0.4, -0.2) is 62.3 Å². The van der Waals surface area contributed by atoms with Gasteiger partial charge in [-0.05, 0) is 43.2 Å². The van der Waals surface area contributed by atoms with E-state index in [0.717, 1.165) is 44.2 Å². The number of rotatable bonds is 6. The molecule has 0 atom stereocenters. The molecule has 2 aliphatic rings. The van der Waals surface area contributed by atoms with Crippen LogP contribution in [0.25, 0.3) is 0 Å². The van der Waals surface area contributed by atoms with Gasteiger partial charge in [-0.2, -0.15) is 17.5 Å². The summed E-state index contributed by atoms with van der Waals surface area (Å²) in [5.74, 6) is -0.279. The van der Waals surface area contributed by atoms with E-state index in [0.29, 0.717) is 31.9 Å². The first-order valence-corrected chi connectivity index (χ1v) is 13.4. The number of amides is 1. The van der Waals surface area contributed by atoms with Crippen LogP contribution in [0.3, 0.4) is 0 Å². The SMILES string of the molecule is O=C(CN(C1CCCCC1)S(=O)(=O)c1ccccc1)N1CCN(c2cccc(C(F)(F)F)c2)CC1. The molecule has 2 aromatic carbocycles. The largest absolute Gasteiger partial charge is 0.416 e. The molecule has 0 radical (unpaired) electrons. The summed E-state index contributed by atoms with van der Waals surface area (Å²) in [7, 11) is -3.84. The highest BCUT2D eigenvalue weighted by atomic mass is 32.2. The fourth-order valence-corrected chi connectivity index (χ4v) is 6.49. The summed E-state index contributed by atoms with van der Waals surface area (Å²) in [5, 5.41) is 0. The average molecular weight is 510 g/mol. The zero-order valence-corrected chi connectivity index (χ0v) is 20.3. The highest BCUT2D eigenvalue weighted by Gasteiger charge is 2.36. The standard InChI is InChI=1S/C25H30F3N3O3S/c26-25(27,28)20-8-7-11-22(18-20)29-14-16-30(17-15-29)24(32)19-31(21-9-3-1-4-10-21)35(33,34)23-12-5-2-6-13-23/h2,5-8,11-13,18,21H,1,3-4,9-10,14-17,19H2. The molecule has 4 rings (SSSR count). The first kappa shape index (κ1) is 25.5. The minimum atomic E-state index is -4.42. The lowest BCUT2D eigenvalue weighted by Gasteiger charge is -2.38. The summed E-state index contributed by atoms with van der Waals surface area (Å²) >= 11 is 0. The van der Waals surface area contributed by atoms with Crippen LogP contribution in [0.15, 0.2) is 59.5 Å². The molecular weight excluding hydrogens is 479 g/mol. The average Bonchev–Trinajstić information content (AvgIpc) is 2.88. The molecule has 1 amide bonds. The van der Waals surface area contributed by atoms with Gasteiger partial charge in [0.1, 0.15) is 0 Å². The summed E-state index contributed by atoms with van der Waals surface area (Å²) in [4.78, 5) is 16.8. The van der Waals surface area contributed by atoms with E-state index in [1.54, 1.807) is 41.3 Å². The van der Waals surface area contributed by atoms with E-state index < -0.39 is 21.8 Å². The number of hydrogen-bond acceptors (Lipinski definition) is 4. The predicted octanol–water partition coefficient (Wildman–Crippen LogP) is 4.38. The maximum Gasteiger partial charge on any atom is 0.416 e. The first-order chi connectivity index (χ1) is 16.7. The molecule has 2 fully saturated rings. The monoisotopic (exact) mass is 509 g/mol. The second-order valence-corrected chi connectivity index (χ2v) is 11.0. The number of carbonyl (C=O) groups excluding carboxylic acids is 1. The number of halogens is 3. The van der Waals surface area contributed by atoms with Crippen molar-refractivity contribution in [1.29, 1.82) is 0 Å². The predicted molar refractivity (Wildman–Crippen MR) is 127 cm³/mol. The number of piperazine rings is 1. The van der Waals surface area contributed by atoms with Crippen LogP contribution in [0.5, 0.6) is 0 Å². The van der Waals surface area contributed by atoms with E-state index in [4.69, 9.17) is 0 Å². The van der Waals surface area contributed by atoms with Gasteiger partial charge >= 0.3 is 6.18 Å². The van der Waals surface area contributed by atoms with Crippen LogP contribution in [0.2, 0.25) is 0 Å². The second-order valence-electron chi connectivity index (χ2n) is 9.07. The number of hydrogen-bond donors (Lipinski definition) is 0. The van der Waals surface area contributed by atoms with Crippen molar-refractivity contribution in [3.8, 4) is 0 Å². The van der Waals surface area contributed by atoms with Gasteiger partial charge in [0, 0.05) is 37.9 Å². The van der Waals surface area contributed by atoms with Gasteiger partial charge in [-0.25, -0.2) is 8.42 Å². The van der Waals surface area contributed by atoms with Crippen molar-refractivity contribution in [3.05, 3.63) is 60.2 Å². The lowest BCUT2D eigenvalue weighted by Crippen LogP contribution is -2.53. The Balaban J connectivity index is 1.45. The molecule has 1 saturated heterocycles. The highest BCUT2D eigenvalue weighted by Crippen LogP contribution is 2.32. The van der Waals surface area contributed by atoms with E-state index in [1.165, 1.54) is 10.4 Å². The van der Waals surface area contributed by atoms with Crippen LogP contribution in [0.4, 0.5) is 18.9 Å². The molecule has 35 heavy (non-hydrogen) atoms. The molecule has 1 saturated carbocycles. The van der Waals surface area contributed by atoms with Gasteiger partial charge in [0.2, 0.25) is 15.9 Å². The third-order valence-electron chi connectivity index (χ3n) is 6.79. The Morgan fingerprint density at radius 2 is 1.57 bits per heavy atom. The smallest absolute Gasteiger partial charge is 0.368 e. The fourth-order valence-electron chi connectivity index (χ4n) is 4.83. The van der Waals surface area contributed by atoms with E-state index in [2.05, 4.69) is 0 Å². The van der Waals surface area contributed by atoms with Gasteiger partial charge in [-0.15, -0.1) is 0 Å². The van der Waals surface area contributed by atoms with Gasteiger partial charge in [0.15, 0.2) is 0 Å². The van der Waals surface area contributed by atoms with E-state index in [-0.39, 0.29) is 23.4 Å². The normalized spacial score (nSPS) is 18.2. The van der Waals surface area contributed by atoms with Crippen molar-refractivity contribution in [2.24, 2.45) is 0 Å². The van der Waals surface area contributed by atoms with Crippen LogP contribution in [0, 0.1) is 0 Å². The van der Waals surface area contributed by atoms with Gasteiger partial charge < -0.3 is 9.80 Å². The summed E-state index contributed by atoms with van der Waals surface area (Å²) in [6, 6.07) is 13.1. The number of benzene rings is 2. The molecule has 1 heterocycles. The second kappa shape index (κ2) is 10.6. The van der Waals surface area contributed by atoms with Gasteiger partial charge in [-0.3, -0.25) is 4.79 Å². The molecule has 10 heteroatoms. The minimum Gasteiger partial charge on any atom is -0.368 e. The Morgan fingerprint density at radius 3 is 2.20 bits per heavy atom. The maximum absolute atomic E-state index is 13.5. The molecule has 1 aliphatic heterocycles. The molecule has 0 bridgehead atoms. The number of anilines is 1. The lowest BCUT2D eigenvalue weighted by atomic mass is 9.95. The molecule has 190 valence electrons. The summed E-state index contributed by atoms with van der Waals surface area (Å²) in [6.07, 6.45) is -0.0578. The van der Waals surface area contributed by atoms with Crippen molar-refractivity contribution in [2.75, 3.05) is 37.6 Å². The third-order valence-corrected chi connectivity index (χ3v) is 8.71. The maximum atomic E-state index is 13.5. The zero-order valence-electron chi connectivity index (χ0n) is 19.5. The molecule has 0 spiro atoms. The van der Waals surface area contributed by atoms with E-state index in [1.807, 2.05) is 4.90 Å². The summed E-state index contributed by atoms with van der Waals surface area (Å²) in [6.45, 7) is 1.16. The Hall–Kier alpha value is -2.59. The first-order valence-electron chi connectivity index (χ1n) is 11.9. The summed E-state index contributed by atoms with van der Waals surface area (Å²) in [5.41, 5.74) is -0.245. The van der Waals surface area contributed by atoms with E-state index in [9.17, 15) is 26.4 Å². The van der Waals surface area contributed by atoms with Crippen LogP contribution >= 0.6 is 0 Å². The molecule has 2 aromatic rings. The van der Waals surface area contributed by atoms with Crippen LogP contribution < -0.4 is 4.90 Å². The number of nitrogens with zero attached hydrogens (tertiary/aromatic N) is 3. The Labute approximate surface area is 204 Å². The minimum absolute atomic E-state index is 0.174. The van der Waals surface area contributed by atoms with Crippen molar-refractivity contribution >= 4 is 21.6 Å². The number of sulfonamides is 1. The fraction of sp³-hybridized carbons (Fsp3) is 0.480. The number of alkyl halides is 3. The Kier molecular flexibility index (Phi) is 7.70. The molecule has 0 unspecified atom stereocenters. The topological polar surface area (TPSA) is 60.9 Å². The van der Waals surface area contributed by atoms with Crippen molar-refractivity contribution in [1.82, 2.24) is 9.21 Å². The zero-order chi connectivity index (χ0) is 25.1. The van der Waals surface area contributed by atoms with Crippen molar-refractivity contribution in [3.63, 3.8) is 0 Å². The third kappa shape index (κ3) is 5.98. The van der Waals surface area contributed by atoms with Crippen molar-refractivity contribution in [2.45, 2.75) is 49.2 Å². The van der Waals surface area contributed by atoms with Gasteiger partial charge in [0.25, 0.3) is 0 Å². The van der Waals surface area contributed by atoms with E-state index >= 15 is 0 Å². The van der Waals surface area contributed by atoms with Crippen LogP contribution in [0.1, 0.15) is 37.7 Å². The molecule has 1 aliphatic carbocycles. The van der Waals surface area contributed by atoms with Gasteiger partial charge in [0.05, 0.1) is 17.0 Å². The quantitative estimate of drug-likeness (QED) is 0.580. The van der Waals surface area contributed by atoms with Crippen LogP contribution in [-0.2, 0) is 21.0 Å². The van der Waals surface area contributed by atoms with Gasteiger partial charge in [-0.1, -0.05) is 43.5 Å². The molecular formula is C25H30F3N3O3S. The molecule has 0 aromatic heterocycles. The molecule has 6 nitrogen and oxygen atoms in total. The Bertz CT molecular complexity index is 1110. The number of carbonyl (C=O) groups is 1.